The average molecular weight is 476 g/mol. The Morgan fingerprint density at radius 1 is 0.853 bits per heavy atom. The molecule has 1 aliphatic rings. The van der Waals surface area contributed by atoms with Crippen LogP contribution in [0.25, 0.3) is 0 Å². The Morgan fingerprint density at radius 3 is 1.88 bits per heavy atom. The summed E-state index contributed by atoms with van der Waals surface area (Å²) >= 11 is 0. The van der Waals surface area contributed by atoms with Gasteiger partial charge in [0.15, 0.2) is 0 Å². The van der Waals surface area contributed by atoms with Crippen LogP contribution >= 0.6 is 0 Å². The van der Waals surface area contributed by atoms with Crippen LogP contribution in [0.15, 0.2) is 102 Å². The largest absolute Gasteiger partial charge is 0.336 e. The van der Waals surface area contributed by atoms with Gasteiger partial charge in [-0.25, -0.2) is 13.1 Å². The first-order chi connectivity index (χ1) is 16.5. The Balaban J connectivity index is 1.44. The molecular formula is C27H29N3O3S. The molecule has 0 unspecified atom stereocenters. The molecule has 6 nitrogen and oxygen atoms in total. The van der Waals surface area contributed by atoms with Crippen LogP contribution in [0.5, 0.6) is 0 Å². The second-order valence-corrected chi connectivity index (χ2v) is 9.98. The molecule has 34 heavy (non-hydrogen) atoms. The molecule has 3 aromatic rings. The van der Waals surface area contributed by atoms with Crippen LogP contribution in [0, 0.1) is 0 Å². The van der Waals surface area contributed by atoms with E-state index >= 15 is 0 Å². The maximum atomic E-state index is 13.1. The van der Waals surface area contributed by atoms with E-state index in [1.54, 1.807) is 12.1 Å². The van der Waals surface area contributed by atoms with Crippen molar-refractivity contribution in [3.63, 3.8) is 0 Å². The van der Waals surface area contributed by atoms with Gasteiger partial charge >= 0.3 is 0 Å². The molecular weight excluding hydrogens is 446 g/mol. The van der Waals surface area contributed by atoms with Crippen molar-refractivity contribution in [3.05, 3.63) is 114 Å². The van der Waals surface area contributed by atoms with E-state index in [-0.39, 0.29) is 23.4 Å². The summed E-state index contributed by atoms with van der Waals surface area (Å²) in [4.78, 5) is 17.5. The maximum Gasteiger partial charge on any atom is 0.253 e. The third kappa shape index (κ3) is 5.44. The van der Waals surface area contributed by atoms with Crippen molar-refractivity contribution in [3.8, 4) is 0 Å². The molecule has 0 spiro atoms. The molecule has 0 aliphatic carbocycles. The SMILES string of the molecule is C=CCNS(=O)(=O)c1ccc(C(=O)N2CCN(C(c3ccccc3)c3ccccc3)CC2)cc1. The molecule has 1 heterocycles. The van der Waals surface area contributed by atoms with Crippen molar-refractivity contribution in [2.24, 2.45) is 0 Å². The van der Waals surface area contributed by atoms with E-state index in [1.165, 1.54) is 29.3 Å². The van der Waals surface area contributed by atoms with E-state index in [4.69, 9.17) is 0 Å². The lowest BCUT2D eigenvalue weighted by molar-refractivity contribution is 0.0597. The molecule has 0 bridgehead atoms. The van der Waals surface area contributed by atoms with E-state index < -0.39 is 10.0 Å². The summed E-state index contributed by atoms with van der Waals surface area (Å²) in [6, 6.07) is 27.1. The predicted molar refractivity (Wildman–Crippen MR) is 134 cm³/mol. The van der Waals surface area contributed by atoms with Crippen LogP contribution < -0.4 is 4.72 Å². The Labute approximate surface area is 201 Å². The molecule has 1 fully saturated rings. The fourth-order valence-electron chi connectivity index (χ4n) is 4.28. The highest BCUT2D eigenvalue weighted by atomic mass is 32.2. The highest BCUT2D eigenvalue weighted by molar-refractivity contribution is 7.89. The fraction of sp³-hybridized carbons (Fsp3) is 0.222. The van der Waals surface area contributed by atoms with E-state index in [0.717, 1.165) is 13.1 Å². The van der Waals surface area contributed by atoms with Crippen LogP contribution in [0.4, 0.5) is 0 Å². The highest BCUT2D eigenvalue weighted by Gasteiger charge is 2.28. The molecule has 0 radical (unpaired) electrons. The Bertz CT molecular complexity index is 1170. The van der Waals surface area contributed by atoms with Gasteiger partial charge in [0.05, 0.1) is 10.9 Å². The predicted octanol–water partition coefficient (Wildman–Crippen LogP) is 3.70. The number of benzene rings is 3. The van der Waals surface area contributed by atoms with E-state index in [9.17, 15) is 13.2 Å². The number of nitrogens with zero attached hydrogens (tertiary/aromatic N) is 2. The van der Waals surface area contributed by atoms with Crippen LogP contribution in [-0.2, 0) is 10.0 Å². The summed E-state index contributed by atoms with van der Waals surface area (Å²) < 4.78 is 26.9. The Morgan fingerprint density at radius 2 is 1.38 bits per heavy atom. The van der Waals surface area contributed by atoms with Crippen molar-refractivity contribution in [1.82, 2.24) is 14.5 Å². The quantitative estimate of drug-likeness (QED) is 0.505. The van der Waals surface area contributed by atoms with Crippen LogP contribution in [0.2, 0.25) is 0 Å². The summed E-state index contributed by atoms with van der Waals surface area (Å²) in [5.74, 6) is -0.0846. The molecule has 7 heteroatoms. The minimum Gasteiger partial charge on any atom is -0.336 e. The van der Waals surface area contributed by atoms with Gasteiger partial charge in [0.25, 0.3) is 5.91 Å². The number of rotatable bonds is 8. The normalized spacial score (nSPS) is 14.8. The van der Waals surface area contributed by atoms with Gasteiger partial charge in [-0.1, -0.05) is 66.7 Å². The first kappa shape index (κ1) is 23.9. The van der Waals surface area contributed by atoms with Crippen molar-refractivity contribution in [2.75, 3.05) is 32.7 Å². The van der Waals surface area contributed by atoms with Crippen molar-refractivity contribution in [2.45, 2.75) is 10.9 Å². The fourth-order valence-corrected chi connectivity index (χ4v) is 5.28. The number of hydrogen-bond donors (Lipinski definition) is 1. The van der Waals surface area contributed by atoms with Gasteiger partial charge in [-0.3, -0.25) is 9.69 Å². The molecule has 1 saturated heterocycles. The summed E-state index contributed by atoms with van der Waals surface area (Å²) in [5, 5.41) is 0. The first-order valence-electron chi connectivity index (χ1n) is 11.3. The number of hydrogen-bond acceptors (Lipinski definition) is 4. The highest BCUT2D eigenvalue weighted by Crippen LogP contribution is 2.29. The average Bonchev–Trinajstić information content (AvgIpc) is 2.89. The van der Waals surface area contributed by atoms with Crippen LogP contribution in [0.1, 0.15) is 27.5 Å². The molecule has 4 rings (SSSR count). The molecule has 3 aromatic carbocycles. The summed E-state index contributed by atoms with van der Waals surface area (Å²) in [6.07, 6.45) is 1.48. The molecule has 1 amide bonds. The van der Waals surface area contributed by atoms with Crippen LogP contribution in [0.3, 0.4) is 0 Å². The lowest BCUT2D eigenvalue weighted by atomic mass is 9.96. The number of carbonyl (C=O) groups excluding carboxylic acids is 1. The standard InChI is InChI=1S/C27H29N3O3S/c1-2-17-28-34(32,33)25-15-13-24(14-16-25)27(31)30-20-18-29(19-21-30)26(22-9-5-3-6-10-22)23-11-7-4-8-12-23/h2-16,26,28H,1,17-21H2. The lowest BCUT2D eigenvalue weighted by Crippen LogP contribution is -2.49. The van der Waals surface area contributed by atoms with Gasteiger partial charge in [-0.05, 0) is 35.4 Å². The van der Waals surface area contributed by atoms with E-state index in [1.807, 2.05) is 17.0 Å². The summed E-state index contributed by atoms with van der Waals surface area (Å²) in [5.41, 5.74) is 2.95. The van der Waals surface area contributed by atoms with Crippen molar-refractivity contribution in [1.29, 1.82) is 0 Å². The molecule has 1 aliphatic heterocycles. The second kappa shape index (κ2) is 10.8. The zero-order valence-electron chi connectivity index (χ0n) is 19.0. The van der Waals surface area contributed by atoms with Gasteiger partial charge in [0, 0.05) is 38.3 Å². The first-order valence-corrected chi connectivity index (χ1v) is 12.8. The number of amides is 1. The number of piperazine rings is 1. The topological polar surface area (TPSA) is 69.7 Å². The third-order valence-electron chi connectivity index (χ3n) is 6.03. The summed E-state index contributed by atoms with van der Waals surface area (Å²) in [7, 11) is -3.61. The smallest absolute Gasteiger partial charge is 0.253 e. The minimum absolute atomic E-state index is 0.0846. The number of carbonyl (C=O) groups is 1. The zero-order chi connectivity index (χ0) is 24.0. The molecule has 176 valence electrons. The zero-order valence-corrected chi connectivity index (χ0v) is 19.8. The Kier molecular flexibility index (Phi) is 7.57. The van der Waals surface area contributed by atoms with Gasteiger partial charge < -0.3 is 4.90 Å². The summed E-state index contributed by atoms with van der Waals surface area (Å²) in [6.45, 7) is 6.38. The van der Waals surface area contributed by atoms with Gasteiger partial charge in [-0.2, -0.15) is 0 Å². The number of sulfonamides is 1. The van der Waals surface area contributed by atoms with Gasteiger partial charge in [-0.15, -0.1) is 6.58 Å². The van der Waals surface area contributed by atoms with E-state index in [0.29, 0.717) is 18.7 Å². The van der Waals surface area contributed by atoms with E-state index in [2.05, 4.69) is 64.7 Å². The minimum atomic E-state index is -3.61. The molecule has 0 atom stereocenters. The van der Waals surface area contributed by atoms with Crippen LogP contribution in [-0.4, -0.2) is 56.8 Å². The second-order valence-electron chi connectivity index (χ2n) is 8.22. The molecule has 1 N–H and O–H groups in total. The van der Waals surface area contributed by atoms with Crippen molar-refractivity contribution < 1.29 is 13.2 Å². The van der Waals surface area contributed by atoms with Gasteiger partial charge in [0.1, 0.15) is 0 Å². The maximum absolute atomic E-state index is 13.1. The Hall–Kier alpha value is -3.26. The molecule has 0 aromatic heterocycles. The number of nitrogens with one attached hydrogen (secondary N) is 1. The van der Waals surface area contributed by atoms with Gasteiger partial charge in [0.2, 0.25) is 10.0 Å². The lowest BCUT2D eigenvalue weighted by Gasteiger charge is -2.39. The molecule has 0 saturated carbocycles. The monoisotopic (exact) mass is 475 g/mol. The third-order valence-corrected chi connectivity index (χ3v) is 7.47. The van der Waals surface area contributed by atoms with Crippen molar-refractivity contribution >= 4 is 15.9 Å².